The molecular weight excluding hydrogens is 266 g/mol. The normalized spacial score (nSPS) is 13.0. The molecule has 0 aliphatic heterocycles. The molecule has 0 saturated heterocycles. The SMILES string of the molecule is CC(C)C(=O)ON(C)C(=O)CC(C=O)SC(C)(C)C. The molecular formula is C13H23NO4S. The molecule has 19 heavy (non-hydrogen) atoms. The van der Waals surface area contributed by atoms with E-state index in [0.717, 1.165) is 11.3 Å². The Morgan fingerprint density at radius 2 is 1.84 bits per heavy atom. The van der Waals surface area contributed by atoms with E-state index in [4.69, 9.17) is 4.84 Å². The van der Waals surface area contributed by atoms with Crippen LogP contribution in [0, 0.1) is 5.92 Å². The van der Waals surface area contributed by atoms with Crippen molar-refractivity contribution in [2.24, 2.45) is 5.92 Å². The maximum Gasteiger partial charge on any atom is 0.335 e. The number of hydroxylamine groups is 2. The van der Waals surface area contributed by atoms with Gasteiger partial charge in [0.25, 0.3) is 5.91 Å². The van der Waals surface area contributed by atoms with Crippen LogP contribution < -0.4 is 0 Å². The van der Waals surface area contributed by atoms with Crippen LogP contribution in [0.3, 0.4) is 0 Å². The van der Waals surface area contributed by atoms with Crippen molar-refractivity contribution in [3.05, 3.63) is 0 Å². The van der Waals surface area contributed by atoms with Crippen molar-refractivity contribution in [3.63, 3.8) is 0 Å². The number of thioether (sulfide) groups is 1. The van der Waals surface area contributed by atoms with Crippen molar-refractivity contribution in [1.82, 2.24) is 5.06 Å². The average Bonchev–Trinajstić information content (AvgIpc) is 2.25. The van der Waals surface area contributed by atoms with Gasteiger partial charge < -0.3 is 9.63 Å². The molecule has 0 aliphatic rings. The molecule has 0 aliphatic carbocycles. The Kier molecular flexibility index (Phi) is 7.11. The summed E-state index contributed by atoms with van der Waals surface area (Å²) in [6, 6.07) is 0. The second-order valence-electron chi connectivity index (χ2n) is 5.57. The summed E-state index contributed by atoms with van der Waals surface area (Å²) in [4.78, 5) is 39.0. The highest BCUT2D eigenvalue weighted by atomic mass is 32.2. The van der Waals surface area contributed by atoms with E-state index in [1.807, 2.05) is 20.8 Å². The molecule has 110 valence electrons. The summed E-state index contributed by atoms with van der Waals surface area (Å²) in [7, 11) is 1.38. The molecule has 0 bridgehead atoms. The molecule has 0 rings (SSSR count). The zero-order valence-corrected chi connectivity index (χ0v) is 13.2. The second kappa shape index (κ2) is 7.53. The van der Waals surface area contributed by atoms with Gasteiger partial charge in [-0.05, 0) is 0 Å². The largest absolute Gasteiger partial charge is 0.338 e. The monoisotopic (exact) mass is 289 g/mol. The van der Waals surface area contributed by atoms with Crippen molar-refractivity contribution < 1.29 is 19.2 Å². The first-order chi connectivity index (χ1) is 8.56. The standard InChI is InChI=1S/C13H23NO4S/c1-9(2)12(17)18-14(6)11(16)7-10(8-15)19-13(3,4)5/h8-10H,7H2,1-6H3. The van der Waals surface area contributed by atoms with Crippen molar-refractivity contribution in [2.45, 2.75) is 51.0 Å². The number of aldehydes is 1. The van der Waals surface area contributed by atoms with Crippen molar-refractivity contribution in [2.75, 3.05) is 7.05 Å². The lowest BCUT2D eigenvalue weighted by Gasteiger charge is -2.23. The second-order valence-corrected chi connectivity index (χ2v) is 7.63. The minimum atomic E-state index is -0.470. The van der Waals surface area contributed by atoms with Gasteiger partial charge in [0.05, 0.1) is 11.2 Å². The highest BCUT2D eigenvalue weighted by Crippen LogP contribution is 2.29. The quantitative estimate of drug-likeness (QED) is 0.572. The molecule has 0 aromatic rings. The van der Waals surface area contributed by atoms with Gasteiger partial charge in [-0.25, -0.2) is 4.79 Å². The van der Waals surface area contributed by atoms with E-state index in [2.05, 4.69) is 0 Å². The van der Waals surface area contributed by atoms with Gasteiger partial charge in [-0.15, -0.1) is 11.8 Å². The van der Waals surface area contributed by atoms with Gasteiger partial charge >= 0.3 is 5.97 Å². The van der Waals surface area contributed by atoms with Gasteiger partial charge in [-0.1, -0.05) is 34.6 Å². The van der Waals surface area contributed by atoms with Crippen LogP contribution in [0.2, 0.25) is 0 Å². The molecule has 1 unspecified atom stereocenters. The van der Waals surface area contributed by atoms with Crippen LogP contribution in [0.15, 0.2) is 0 Å². The fourth-order valence-corrected chi connectivity index (χ4v) is 2.35. The highest BCUT2D eigenvalue weighted by Gasteiger charge is 2.24. The molecule has 0 aromatic carbocycles. The number of hydrogen-bond acceptors (Lipinski definition) is 5. The van der Waals surface area contributed by atoms with Crippen LogP contribution in [0.4, 0.5) is 0 Å². The third-order valence-electron chi connectivity index (χ3n) is 2.08. The lowest BCUT2D eigenvalue weighted by molar-refractivity contribution is -0.195. The minimum absolute atomic E-state index is 0.0211. The van der Waals surface area contributed by atoms with E-state index in [9.17, 15) is 14.4 Å². The zero-order chi connectivity index (χ0) is 15.2. The number of amides is 1. The average molecular weight is 289 g/mol. The van der Waals surface area contributed by atoms with Crippen molar-refractivity contribution in [3.8, 4) is 0 Å². The zero-order valence-electron chi connectivity index (χ0n) is 12.4. The van der Waals surface area contributed by atoms with E-state index < -0.39 is 11.2 Å². The fraction of sp³-hybridized carbons (Fsp3) is 0.769. The molecule has 0 radical (unpaired) electrons. The lowest BCUT2D eigenvalue weighted by atomic mass is 10.2. The molecule has 5 nitrogen and oxygen atoms in total. The maximum absolute atomic E-state index is 11.8. The van der Waals surface area contributed by atoms with Crippen LogP contribution in [0.5, 0.6) is 0 Å². The third-order valence-corrected chi connectivity index (χ3v) is 3.37. The summed E-state index contributed by atoms with van der Waals surface area (Å²) >= 11 is 1.42. The minimum Gasteiger partial charge on any atom is -0.338 e. The Hall–Kier alpha value is -1.04. The highest BCUT2D eigenvalue weighted by molar-refractivity contribution is 8.01. The van der Waals surface area contributed by atoms with Crippen LogP contribution >= 0.6 is 11.8 Å². The first-order valence-electron chi connectivity index (χ1n) is 6.18. The molecule has 0 spiro atoms. The lowest BCUT2D eigenvalue weighted by Crippen LogP contribution is -2.34. The molecule has 0 N–H and O–H groups in total. The summed E-state index contributed by atoms with van der Waals surface area (Å²) in [6.45, 7) is 9.29. The van der Waals surface area contributed by atoms with Crippen molar-refractivity contribution >= 4 is 29.9 Å². The molecule has 0 fully saturated rings. The van der Waals surface area contributed by atoms with Gasteiger partial charge in [0.2, 0.25) is 0 Å². The first kappa shape index (κ1) is 18.0. The van der Waals surface area contributed by atoms with E-state index in [0.29, 0.717) is 0 Å². The van der Waals surface area contributed by atoms with Gasteiger partial charge in [-0.2, -0.15) is 5.06 Å². The van der Waals surface area contributed by atoms with Crippen LogP contribution in [-0.2, 0) is 19.2 Å². The maximum atomic E-state index is 11.8. The van der Waals surface area contributed by atoms with Gasteiger partial charge in [0, 0.05) is 18.2 Å². The molecule has 6 heteroatoms. The smallest absolute Gasteiger partial charge is 0.335 e. The summed E-state index contributed by atoms with van der Waals surface area (Å²) in [5, 5.41) is 0.468. The predicted octanol–water partition coefficient (Wildman–Crippen LogP) is 2.05. The number of rotatable bonds is 5. The number of hydrogen-bond donors (Lipinski definition) is 0. The summed E-state index contributed by atoms with van der Waals surface area (Å²) in [6.07, 6.45) is 0.777. The van der Waals surface area contributed by atoms with Crippen LogP contribution in [0.1, 0.15) is 41.0 Å². The molecule has 0 aromatic heterocycles. The summed E-state index contributed by atoms with van der Waals surface area (Å²) in [5.74, 6) is -1.16. The molecule has 0 heterocycles. The summed E-state index contributed by atoms with van der Waals surface area (Å²) < 4.78 is -0.112. The van der Waals surface area contributed by atoms with E-state index in [1.165, 1.54) is 18.8 Å². The Morgan fingerprint density at radius 1 is 1.32 bits per heavy atom. The first-order valence-corrected chi connectivity index (χ1v) is 7.06. The van der Waals surface area contributed by atoms with Crippen LogP contribution in [0.25, 0.3) is 0 Å². The Labute approximate surface area is 119 Å². The topological polar surface area (TPSA) is 63.7 Å². The Balaban J connectivity index is 4.41. The van der Waals surface area contributed by atoms with E-state index >= 15 is 0 Å². The number of nitrogens with zero attached hydrogens (tertiary/aromatic N) is 1. The predicted molar refractivity (Wildman–Crippen MR) is 75.5 cm³/mol. The van der Waals surface area contributed by atoms with Gasteiger partial charge in [-0.3, -0.25) is 4.79 Å². The van der Waals surface area contributed by atoms with Gasteiger partial charge in [0.15, 0.2) is 0 Å². The van der Waals surface area contributed by atoms with Gasteiger partial charge in [0.1, 0.15) is 6.29 Å². The molecule has 1 atom stereocenters. The fourth-order valence-electron chi connectivity index (χ4n) is 1.16. The number of carbonyl (C=O) groups excluding carboxylic acids is 3. The third kappa shape index (κ3) is 7.87. The molecule has 1 amide bonds. The van der Waals surface area contributed by atoms with Crippen molar-refractivity contribution in [1.29, 1.82) is 0 Å². The molecule has 0 saturated carbocycles. The Morgan fingerprint density at radius 3 is 2.21 bits per heavy atom. The van der Waals surface area contributed by atoms with E-state index in [1.54, 1.807) is 13.8 Å². The Bertz CT molecular complexity index is 336. The van der Waals surface area contributed by atoms with E-state index in [-0.39, 0.29) is 23.0 Å². The van der Waals surface area contributed by atoms with Crippen LogP contribution in [-0.4, -0.2) is 40.3 Å². The summed E-state index contributed by atoms with van der Waals surface area (Å²) in [5.41, 5.74) is 0. The number of carbonyl (C=O) groups is 3.